The van der Waals surface area contributed by atoms with Gasteiger partial charge in [-0.25, -0.2) is 4.98 Å². The largest absolute Gasteiger partial charge is 0.295 e. The minimum absolute atomic E-state index is 0.0671. The van der Waals surface area contributed by atoms with Crippen LogP contribution in [0.1, 0.15) is 38.3 Å². The van der Waals surface area contributed by atoms with Crippen LogP contribution >= 0.6 is 11.6 Å². The summed E-state index contributed by atoms with van der Waals surface area (Å²) in [6.45, 7) is 4.08. The summed E-state index contributed by atoms with van der Waals surface area (Å²) >= 11 is 5.93. The van der Waals surface area contributed by atoms with Crippen molar-refractivity contribution < 1.29 is 0 Å². The summed E-state index contributed by atoms with van der Waals surface area (Å²) in [7, 11) is 0. The fourth-order valence-corrected chi connectivity index (χ4v) is 3.31. The molecule has 1 aliphatic rings. The smallest absolute Gasteiger partial charge is 0.258 e. The van der Waals surface area contributed by atoms with Crippen LogP contribution < -0.4 is 5.56 Å². The van der Waals surface area contributed by atoms with Gasteiger partial charge in [0.1, 0.15) is 5.65 Å². The molecule has 0 aromatic carbocycles. The predicted molar refractivity (Wildman–Crippen MR) is 84.8 cm³/mol. The number of rotatable bonds is 3. The molecule has 21 heavy (non-hydrogen) atoms. The van der Waals surface area contributed by atoms with E-state index in [2.05, 4.69) is 16.8 Å². The topological polar surface area (TPSA) is 37.6 Å². The molecule has 2 aromatic heterocycles. The van der Waals surface area contributed by atoms with Gasteiger partial charge in [-0.05, 0) is 37.9 Å². The highest BCUT2D eigenvalue weighted by atomic mass is 35.5. The van der Waals surface area contributed by atoms with E-state index in [4.69, 9.17) is 11.6 Å². The second-order valence-corrected chi connectivity index (χ2v) is 6.13. The zero-order valence-corrected chi connectivity index (χ0v) is 13.0. The molecule has 3 rings (SSSR count). The number of nitrogens with zero attached hydrogens (tertiary/aromatic N) is 3. The molecular weight excluding hydrogens is 286 g/mol. The van der Waals surface area contributed by atoms with E-state index in [1.807, 2.05) is 0 Å². The highest BCUT2D eigenvalue weighted by molar-refractivity contribution is 6.30. The Labute approximate surface area is 129 Å². The maximum Gasteiger partial charge on any atom is 0.258 e. The van der Waals surface area contributed by atoms with Crippen LogP contribution in [0.2, 0.25) is 5.02 Å². The third kappa shape index (κ3) is 3.11. The molecule has 2 aromatic rings. The van der Waals surface area contributed by atoms with Gasteiger partial charge < -0.3 is 0 Å². The number of fused-ring (bicyclic) bond motifs is 1. The molecule has 0 spiro atoms. The maximum absolute atomic E-state index is 12.2. The Hall–Kier alpha value is -1.39. The van der Waals surface area contributed by atoms with Crippen molar-refractivity contribution in [2.75, 3.05) is 6.54 Å². The van der Waals surface area contributed by atoms with Gasteiger partial charge in [0, 0.05) is 24.8 Å². The van der Waals surface area contributed by atoms with E-state index in [9.17, 15) is 4.79 Å². The van der Waals surface area contributed by atoms with Crippen molar-refractivity contribution in [3.8, 4) is 0 Å². The van der Waals surface area contributed by atoms with E-state index in [1.165, 1.54) is 23.7 Å². The van der Waals surface area contributed by atoms with Crippen LogP contribution in [-0.2, 0) is 6.54 Å². The third-order valence-corrected chi connectivity index (χ3v) is 4.49. The summed E-state index contributed by atoms with van der Waals surface area (Å²) in [6.07, 6.45) is 6.56. The van der Waals surface area contributed by atoms with Crippen LogP contribution in [0.25, 0.3) is 5.65 Å². The van der Waals surface area contributed by atoms with Gasteiger partial charge in [0.15, 0.2) is 0 Å². The molecule has 0 saturated carbocycles. The van der Waals surface area contributed by atoms with Crippen LogP contribution in [0.15, 0.2) is 29.2 Å². The minimum Gasteiger partial charge on any atom is -0.295 e. The minimum atomic E-state index is -0.0671. The van der Waals surface area contributed by atoms with Crippen molar-refractivity contribution in [2.24, 2.45) is 0 Å². The van der Waals surface area contributed by atoms with E-state index < -0.39 is 0 Å². The average Bonchev–Trinajstić information content (AvgIpc) is 2.49. The molecule has 0 amide bonds. The van der Waals surface area contributed by atoms with Gasteiger partial charge in [0.25, 0.3) is 5.56 Å². The molecule has 0 N–H and O–H groups in total. The van der Waals surface area contributed by atoms with E-state index >= 15 is 0 Å². The van der Waals surface area contributed by atoms with Crippen LogP contribution in [0.4, 0.5) is 0 Å². The van der Waals surface area contributed by atoms with Crippen molar-refractivity contribution >= 4 is 17.2 Å². The first-order valence-corrected chi connectivity index (χ1v) is 7.97. The molecule has 0 unspecified atom stereocenters. The normalized spacial score (nSPS) is 20.0. The second kappa shape index (κ2) is 6.16. The molecular formula is C16H20ClN3O. The Bertz CT molecular complexity index is 697. The summed E-state index contributed by atoms with van der Waals surface area (Å²) < 4.78 is 1.50. The Morgan fingerprint density at radius 2 is 2.24 bits per heavy atom. The lowest BCUT2D eigenvalue weighted by atomic mass is 10.00. The summed E-state index contributed by atoms with van der Waals surface area (Å²) in [6, 6.07) is 5.80. The van der Waals surface area contributed by atoms with Crippen LogP contribution in [0.3, 0.4) is 0 Å². The Morgan fingerprint density at radius 3 is 3.05 bits per heavy atom. The quantitative estimate of drug-likeness (QED) is 0.874. The van der Waals surface area contributed by atoms with Crippen molar-refractivity contribution in [3.63, 3.8) is 0 Å². The van der Waals surface area contributed by atoms with Gasteiger partial charge in [-0.15, -0.1) is 0 Å². The first-order valence-electron chi connectivity index (χ1n) is 7.59. The van der Waals surface area contributed by atoms with Crippen LogP contribution in [-0.4, -0.2) is 26.9 Å². The monoisotopic (exact) mass is 305 g/mol. The molecule has 4 nitrogen and oxygen atoms in total. The highest BCUT2D eigenvalue weighted by Crippen LogP contribution is 2.21. The number of hydrogen-bond donors (Lipinski definition) is 0. The summed E-state index contributed by atoms with van der Waals surface area (Å²) in [5, 5.41) is 0.543. The predicted octanol–water partition coefficient (Wildman–Crippen LogP) is 3.11. The number of piperidine rings is 1. The Kier molecular flexibility index (Phi) is 4.27. The molecule has 1 aliphatic heterocycles. The van der Waals surface area contributed by atoms with Crippen LogP contribution in [0, 0.1) is 0 Å². The fraction of sp³-hybridized carbons (Fsp3) is 0.500. The summed E-state index contributed by atoms with van der Waals surface area (Å²) in [5.41, 5.74) is 1.44. The molecule has 0 bridgehead atoms. The molecule has 0 aliphatic carbocycles. The molecule has 5 heteroatoms. The zero-order valence-electron chi connectivity index (χ0n) is 12.3. The van der Waals surface area contributed by atoms with Gasteiger partial charge in [0.05, 0.1) is 10.7 Å². The van der Waals surface area contributed by atoms with E-state index in [-0.39, 0.29) is 5.56 Å². The second-order valence-electron chi connectivity index (χ2n) is 5.69. The summed E-state index contributed by atoms with van der Waals surface area (Å²) in [5.74, 6) is 0. The number of likely N-dealkylation sites (tertiary alicyclic amines) is 1. The molecule has 112 valence electrons. The van der Waals surface area contributed by atoms with Gasteiger partial charge in [-0.2, -0.15) is 0 Å². The Balaban J connectivity index is 1.90. The van der Waals surface area contributed by atoms with Gasteiger partial charge >= 0.3 is 0 Å². The first-order chi connectivity index (χ1) is 10.2. The lowest BCUT2D eigenvalue weighted by molar-refractivity contribution is 0.134. The number of aromatic nitrogens is 2. The highest BCUT2D eigenvalue weighted by Gasteiger charge is 2.21. The van der Waals surface area contributed by atoms with Crippen molar-refractivity contribution in [1.82, 2.24) is 14.3 Å². The van der Waals surface area contributed by atoms with E-state index in [1.54, 1.807) is 24.4 Å². The standard InChI is InChI=1S/C16H20ClN3O/c1-2-14-5-3-4-8-19(14)11-13-9-16(21)20-10-12(17)6-7-15(20)18-13/h6-7,9-10,14H,2-5,8,11H2,1H3/t14-/m0/s1. The average molecular weight is 306 g/mol. The lowest BCUT2D eigenvalue weighted by Crippen LogP contribution is -2.39. The third-order valence-electron chi connectivity index (χ3n) is 4.26. The first kappa shape index (κ1) is 14.5. The van der Waals surface area contributed by atoms with E-state index in [0.717, 1.165) is 25.2 Å². The molecule has 3 heterocycles. The Morgan fingerprint density at radius 1 is 1.38 bits per heavy atom. The van der Waals surface area contributed by atoms with Gasteiger partial charge in [-0.3, -0.25) is 14.1 Å². The number of hydrogen-bond acceptors (Lipinski definition) is 3. The number of pyridine rings is 1. The zero-order chi connectivity index (χ0) is 14.8. The maximum atomic E-state index is 12.2. The van der Waals surface area contributed by atoms with Crippen molar-refractivity contribution in [3.05, 3.63) is 45.5 Å². The molecule has 0 radical (unpaired) electrons. The fourth-order valence-electron chi connectivity index (χ4n) is 3.15. The van der Waals surface area contributed by atoms with Crippen LogP contribution in [0.5, 0.6) is 0 Å². The SMILES string of the molecule is CC[C@H]1CCCCN1Cc1cc(=O)n2cc(Cl)ccc2n1. The van der Waals surface area contributed by atoms with Gasteiger partial charge in [-0.1, -0.05) is 24.9 Å². The van der Waals surface area contributed by atoms with E-state index in [0.29, 0.717) is 16.7 Å². The molecule has 1 saturated heterocycles. The summed E-state index contributed by atoms with van der Waals surface area (Å²) in [4.78, 5) is 19.2. The van der Waals surface area contributed by atoms with Crippen molar-refractivity contribution in [2.45, 2.75) is 45.2 Å². The lowest BCUT2D eigenvalue weighted by Gasteiger charge is -2.34. The van der Waals surface area contributed by atoms with Crippen molar-refractivity contribution in [1.29, 1.82) is 0 Å². The van der Waals surface area contributed by atoms with Gasteiger partial charge in [0.2, 0.25) is 0 Å². The molecule has 1 fully saturated rings. The molecule has 1 atom stereocenters. The number of halogens is 1.